The van der Waals surface area contributed by atoms with Crippen LogP contribution in [0.15, 0.2) is 60.7 Å². The third-order valence-electron chi connectivity index (χ3n) is 9.13. The first-order valence-electron chi connectivity index (χ1n) is 20.8. The molecule has 1 aromatic rings. The van der Waals surface area contributed by atoms with Crippen LogP contribution in [-0.4, -0.2) is 18.3 Å². The maximum atomic E-state index is 9.93. The van der Waals surface area contributed by atoms with Crippen molar-refractivity contribution in [3.63, 3.8) is 0 Å². The van der Waals surface area contributed by atoms with Crippen molar-refractivity contribution in [3.8, 4) is 11.5 Å². The van der Waals surface area contributed by atoms with Crippen molar-refractivity contribution in [2.45, 2.75) is 194 Å². The molecule has 0 aliphatic rings. The highest BCUT2D eigenvalue weighted by atomic mass is 16.5. The van der Waals surface area contributed by atoms with E-state index in [1.54, 1.807) is 0 Å². The smallest absolute Gasteiger partial charge is 0.126 e. The Morgan fingerprint density at radius 2 is 0.837 bits per heavy atom. The van der Waals surface area contributed by atoms with Crippen molar-refractivity contribution in [2.75, 3.05) is 13.2 Å². The summed E-state index contributed by atoms with van der Waals surface area (Å²) in [6.45, 7) is 10.4. The highest BCUT2D eigenvalue weighted by molar-refractivity contribution is 5.50. The molecule has 0 spiro atoms. The minimum atomic E-state index is 0.000960. The van der Waals surface area contributed by atoms with Gasteiger partial charge in [0, 0.05) is 5.56 Å². The van der Waals surface area contributed by atoms with E-state index >= 15 is 0 Å². The third-order valence-corrected chi connectivity index (χ3v) is 9.13. The summed E-state index contributed by atoms with van der Waals surface area (Å²) in [6, 6.07) is 4.02. The molecular weight excluding hydrogens is 601 g/mol. The predicted molar refractivity (Wildman–Crippen MR) is 216 cm³/mol. The maximum Gasteiger partial charge on any atom is 0.126 e. The Morgan fingerprint density at radius 3 is 1.18 bits per heavy atom. The van der Waals surface area contributed by atoms with Gasteiger partial charge in [0.1, 0.15) is 11.5 Å². The van der Waals surface area contributed by atoms with Gasteiger partial charge in [-0.25, -0.2) is 0 Å². The Labute approximate surface area is 304 Å². The molecule has 0 atom stereocenters. The number of unbranched alkanes of at least 4 members (excludes halogenated alkanes) is 18. The summed E-state index contributed by atoms with van der Waals surface area (Å²) in [4.78, 5) is 0. The molecule has 0 amide bonds. The van der Waals surface area contributed by atoms with Crippen molar-refractivity contribution < 1.29 is 14.6 Å². The van der Waals surface area contributed by atoms with E-state index in [2.05, 4.69) is 76.3 Å². The molecule has 0 fully saturated rings. The molecule has 0 radical (unpaired) electrons. The summed E-state index contributed by atoms with van der Waals surface area (Å²) in [5, 5.41) is 9.93. The Balaban J connectivity index is 2.22. The largest absolute Gasteiger partial charge is 0.493 e. The van der Waals surface area contributed by atoms with Crippen molar-refractivity contribution in [3.05, 3.63) is 71.9 Å². The second-order valence-corrected chi connectivity index (χ2v) is 14.2. The summed E-state index contributed by atoms with van der Waals surface area (Å²) in [5.74, 6) is 2.07. The van der Waals surface area contributed by atoms with Crippen LogP contribution in [0.25, 0.3) is 0 Å². The summed E-state index contributed by atoms with van der Waals surface area (Å²) in [5.41, 5.74) is 2.00. The molecule has 1 N–H and O–H groups in total. The van der Waals surface area contributed by atoms with E-state index in [0.29, 0.717) is 19.1 Å². The van der Waals surface area contributed by atoms with Crippen molar-refractivity contribution in [2.24, 2.45) is 0 Å². The monoisotopic (exact) mass is 679 g/mol. The van der Waals surface area contributed by atoms with Gasteiger partial charge in [0.25, 0.3) is 0 Å². The zero-order valence-corrected chi connectivity index (χ0v) is 32.7. The summed E-state index contributed by atoms with van der Waals surface area (Å²) in [7, 11) is 0. The lowest BCUT2D eigenvalue weighted by atomic mass is 9.98. The molecule has 3 nitrogen and oxygen atoms in total. The Morgan fingerprint density at radius 1 is 0.490 bits per heavy atom. The van der Waals surface area contributed by atoms with Crippen LogP contribution in [-0.2, 0) is 6.61 Å². The Kier molecular flexibility index (Phi) is 31.2. The van der Waals surface area contributed by atoms with Gasteiger partial charge in [-0.05, 0) is 101 Å². The quantitative estimate of drug-likeness (QED) is 0.0582. The first-order valence-corrected chi connectivity index (χ1v) is 20.8. The number of hydrogen-bond donors (Lipinski definition) is 1. The molecule has 0 aromatic heterocycles. The number of benzene rings is 1. The molecule has 0 aliphatic carbocycles. The van der Waals surface area contributed by atoms with Gasteiger partial charge in [-0.1, -0.05) is 153 Å². The zero-order chi connectivity index (χ0) is 35.5. The van der Waals surface area contributed by atoms with Gasteiger partial charge < -0.3 is 14.6 Å². The summed E-state index contributed by atoms with van der Waals surface area (Å²) < 4.78 is 12.6. The normalized spacial score (nSPS) is 12.2. The van der Waals surface area contributed by atoms with Crippen LogP contribution in [0.4, 0.5) is 0 Å². The van der Waals surface area contributed by atoms with Gasteiger partial charge in [-0.15, -0.1) is 0 Å². The molecular formula is C46H78O3. The number of aliphatic hydroxyl groups excluding tert-OH is 1. The number of ether oxygens (including phenoxy) is 2. The molecule has 49 heavy (non-hydrogen) atoms. The van der Waals surface area contributed by atoms with E-state index in [1.165, 1.54) is 128 Å². The lowest BCUT2D eigenvalue weighted by molar-refractivity contribution is 0.268. The molecule has 3 heteroatoms. The lowest BCUT2D eigenvalue weighted by Gasteiger charge is -2.20. The van der Waals surface area contributed by atoms with Crippen molar-refractivity contribution >= 4 is 0 Å². The van der Waals surface area contributed by atoms with Crippen LogP contribution in [0.2, 0.25) is 0 Å². The second kappa shape index (κ2) is 34.2. The minimum Gasteiger partial charge on any atom is -0.493 e. The fourth-order valence-corrected chi connectivity index (χ4v) is 6.10. The average Bonchev–Trinajstić information content (AvgIpc) is 3.10. The number of hydrogen-bond acceptors (Lipinski definition) is 3. The molecule has 0 saturated carbocycles. The maximum absolute atomic E-state index is 9.93. The topological polar surface area (TPSA) is 38.7 Å². The van der Waals surface area contributed by atoms with Gasteiger partial charge in [0.2, 0.25) is 0 Å². The van der Waals surface area contributed by atoms with E-state index in [9.17, 15) is 5.11 Å². The van der Waals surface area contributed by atoms with Crippen LogP contribution in [0, 0.1) is 0 Å². The number of allylic oxidation sites excluding steroid dienone is 8. The molecule has 280 valence electrons. The Hall–Kier alpha value is -2.26. The number of aliphatic hydroxyl groups is 1. The molecule has 1 aromatic carbocycles. The van der Waals surface area contributed by atoms with Gasteiger partial charge in [-0.3, -0.25) is 0 Å². The van der Waals surface area contributed by atoms with E-state index in [4.69, 9.17) is 9.47 Å². The van der Waals surface area contributed by atoms with Crippen LogP contribution in [0.5, 0.6) is 11.5 Å². The third kappa shape index (κ3) is 26.2. The first kappa shape index (κ1) is 44.8. The molecule has 0 bridgehead atoms. The highest BCUT2D eigenvalue weighted by Gasteiger charge is 2.17. The van der Waals surface area contributed by atoms with Gasteiger partial charge in [0.05, 0.1) is 19.8 Å². The van der Waals surface area contributed by atoms with Crippen molar-refractivity contribution in [1.82, 2.24) is 0 Å². The van der Waals surface area contributed by atoms with Gasteiger partial charge in [-0.2, -0.15) is 0 Å². The van der Waals surface area contributed by atoms with Crippen LogP contribution < -0.4 is 9.47 Å². The van der Waals surface area contributed by atoms with Gasteiger partial charge >= 0.3 is 0 Å². The zero-order valence-electron chi connectivity index (χ0n) is 32.7. The average molecular weight is 679 g/mol. The molecule has 0 aliphatic heterocycles. The number of rotatable bonds is 34. The van der Waals surface area contributed by atoms with Crippen molar-refractivity contribution in [1.29, 1.82) is 0 Å². The van der Waals surface area contributed by atoms with E-state index in [-0.39, 0.29) is 6.61 Å². The van der Waals surface area contributed by atoms with Crippen LogP contribution >= 0.6 is 0 Å². The second-order valence-electron chi connectivity index (χ2n) is 14.2. The fraction of sp³-hybridized carbons (Fsp3) is 0.696. The predicted octanol–water partition coefficient (Wildman–Crippen LogP) is 14.7. The van der Waals surface area contributed by atoms with Crippen LogP contribution in [0.1, 0.15) is 199 Å². The van der Waals surface area contributed by atoms with E-state index in [0.717, 1.165) is 48.3 Å². The SMILES string of the molecule is CCCCCC=CCC=CCCCCCCCCOc1cc(CO)cc(OCCCCCCCCC=CCC=CCCCCC)c1C(C)C. The summed E-state index contributed by atoms with van der Waals surface area (Å²) in [6.07, 6.45) is 48.5. The Bertz CT molecular complexity index is 915. The standard InChI is InChI=1S/C46H78O3/c1-5-7-9-11-13-15-17-19-21-23-25-27-29-31-33-35-37-48-44-39-43(41-47)40-45(46(44)42(3)4)49-38-36-34-32-30-28-26-24-22-20-18-16-14-12-10-8-6-2/h13-16,19-22,39-40,42,47H,5-12,17-18,23-38,41H2,1-4H3. The molecule has 1 rings (SSSR count). The van der Waals surface area contributed by atoms with Gasteiger partial charge in [0.15, 0.2) is 0 Å². The highest BCUT2D eigenvalue weighted by Crippen LogP contribution is 2.37. The minimum absolute atomic E-state index is 0.000960. The van der Waals surface area contributed by atoms with E-state index < -0.39 is 0 Å². The summed E-state index contributed by atoms with van der Waals surface area (Å²) >= 11 is 0. The molecule has 0 unspecified atom stereocenters. The fourth-order valence-electron chi connectivity index (χ4n) is 6.10. The van der Waals surface area contributed by atoms with Crippen LogP contribution in [0.3, 0.4) is 0 Å². The first-order chi connectivity index (χ1) is 24.1. The molecule has 0 heterocycles. The lowest BCUT2D eigenvalue weighted by Crippen LogP contribution is -2.07. The van der Waals surface area contributed by atoms with E-state index in [1.807, 2.05) is 12.1 Å². The molecule has 0 saturated heterocycles.